The predicted octanol–water partition coefficient (Wildman–Crippen LogP) is 1.45. The first-order valence-corrected chi connectivity index (χ1v) is 6.10. The molecule has 3 N–H and O–H groups in total. The summed E-state index contributed by atoms with van der Waals surface area (Å²) in [4.78, 5) is 12.1. The van der Waals surface area contributed by atoms with Crippen molar-refractivity contribution >= 4 is 11.9 Å². The second-order valence-electron chi connectivity index (χ2n) is 4.36. The predicted molar refractivity (Wildman–Crippen MR) is 65.8 cm³/mol. The van der Waals surface area contributed by atoms with E-state index in [1.165, 1.54) is 19.3 Å². The molecule has 0 saturated heterocycles. The number of nitrogens with zero attached hydrogens (tertiary/aromatic N) is 3. The minimum atomic E-state index is 0.187. The zero-order valence-corrected chi connectivity index (χ0v) is 10.3. The highest BCUT2D eigenvalue weighted by molar-refractivity contribution is 5.33. The Labute approximate surface area is 101 Å². The number of nitrogen functional groups attached to an aromatic ring is 1. The first-order valence-electron chi connectivity index (χ1n) is 6.10. The van der Waals surface area contributed by atoms with Crippen LogP contribution >= 0.6 is 0 Å². The van der Waals surface area contributed by atoms with E-state index in [4.69, 9.17) is 10.5 Å². The van der Waals surface area contributed by atoms with Gasteiger partial charge in [-0.05, 0) is 32.6 Å². The third kappa shape index (κ3) is 2.95. The van der Waals surface area contributed by atoms with Crippen LogP contribution in [0.25, 0.3) is 0 Å². The van der Waals surface area contributed by atoms with Crippen LogP contribution in [-0.2, 0) is 0 Å². The molecule has 1 aliphatic carbocycles. The standard InChI is InChI=1S/C11H19N5O/c1-3-17-11-15-9(12)14-10(16-11)13-7(2)8-5-4-6-8/h7-8H,3-6H2,1-2H3,(H3,12,13,14,15,16). The van der Waals surface area contributed by atoms with Crippen LogP contribution in [0.3, 0.4) is 0 Å². The van der Waals surface area contributed by atoms with Gasteiger partial charge in [0.15, 0.2) is 0 Å². The van der Waals surface area contributed by atoms with Crippen LogP contribution in [0.15, 0.2) is 0 Å². The average molecular weight is 237 g/mol. The lowest BCUT2D eigenvalue weighted by molar-refractivity contribution is 0.283. The fraction of sp³-hybridized carbons (Fsp3) is 0.727. The van der Waals surface area contributed by atoms with Crippen LogP contribution in [0, 0.1) is 5.92 Å². The SMILES string of the molecule is CCOc1nc(N)nc(NC(C)C2CCC2)n1. The summed E-state index contributed by atoms with van der Waals surface area (Å²) in [6.07, 6.45) is 3.86. The molecule has 1 fully saturated rings. The Bertz CT molecular complexity index is 380. The quantitative estimate of drug-likeness (QED) is 0.806. The van der Waals surface area contributed by atoms with Gasteiger partial charge in [-0.2, -0.15) is 15.0 Å². The van der Waals surface area contributed by atoms with Crippen LogP contribution in [0.1, 0.15) is 33.1 Å². The van der Waals surface area contributed by atoms with E-state index >= 15 is 0 Å². The second-order valence-corrected chi connectivity index (χ2v) is 4.36. The van der Waals surface area contributed by atoms with E-state index in [1.54, 1.807) is 0 Å². The summed E-state index contributed by atoms with van der Waals surface area (Å²) < 4.78 is 5.23. The van der Waals surface area contributed by atoms with Gasteiger partial charge in [-0.15, -0.1) is 0 Å². The van der Waals surface area contributed by atoms with E-state index in [0.717, 1.165) is 0 Å². The molecular formula is C11H19N5O. The van der Waals surface area contributed by atoms with Gasteiger partial charge in [-0.25, -0.2) is 0 Å². The van der Waals surface area contributed by atoms with E-state index in [2.05, 4.69) is 27.2 Å². The molecule has 6 heteroatoms. The van der Waals surface area contributed by atoms with E-state index in [-0.39, 0.29) is 12.0 Å². The third-order valence-electron chi connectivity index (χ3n) is 3.12. The molecule has 0 spiro atoms. The maximum Gasteiger partial charge on any atom is 0.323 e. The van der Waals surface area contributed by atoms with Crippen molar-refractivity contribution in [3.8, 4) is 6.01 Å². The molecule has 1 heterocycles. The summed E-state index contributed by atoms with van der Waals surface area (Å²) in [6.45, 7) is 4.54. The molecule has 1 aromatic heterocycles. The molecule has 1 atom stereocenters. The van der Waals surface area contributed by atoms with Crippen molar-refractivity contribution in [1.82, 2.24) is 15.0 Å². The van der Waals surface area contributed by atoms with Crippen molar-refractivity contribution in [3.05, 3.63) is 0 Å². The highest BCUT2D eigenvalue weighted by Gasteiger charge is 2.24. The van der Waals surface area contributed by atoms with Crippen LogP contribution in [0.4, 0.5) is 11.9 Å². The summed E-state index contributed by atoms with van der Waals surface area (Å²) >= 11 is 0. The Hall–Kier alpha value is -1.59. The molecule has 0 aliphatic heterocycles. The van der Waals surface area contributed by atoms with Crippen LogP contribution in [-0.4, -0.2) is 27.6 Å². The number of ether oxygens (including phenoxy) is 1. The molecule has 2 rings (SSSR count). The monoisotopic (exact) mass is 237 g/mol. The first-order chi connectivity index (χ1) is 8.19. The maximum atomic E-state index is 5.61. The number of aromatic nitrogens is 3. The molecular weight excluding hydrogens is 218 g/mol. The van der Waals surface area contributed by atoms with Crippen LogP contribution in [0.2, 0.25) is 0 Å². The van der Waals surface area contributed by atoms with Gasteiger partial charge in [0, 0.05) is 6.04 Å². The lowest BCUT2D eigenvalue weighted by Crippen LogP contribution is -2.31. The molecule has 0 aromatic carbocycles. The molecule has 0 bridgehead atoms. The highest BCUT2D eigenvalue weighted by Crippen LogP contribution is 2.30. The summed E-state index contributed by atoms with van der Waals surface area (Å²) in [6, 6.07) is 0.642. The van der Waals surface area contributed by atoms with Crippen LogP contribution < -0.4 is 15.8 Å². The zero-order chi connectivity index (χ0) is 12.3. The van der Waals surface area contributed by atoms with E-state index in [9.17, 15) is 0 Å². The summed E-state index contributed by atoms with van der Waals surface area (Å²) in [5.74, 6) is 1.40. The van der Waals surface area contributed by atoms with E-state index in [1.807, 2.05) is 6.92 Å². The molecule has 1 aliphatic rings. The van der Waals surface area contributed by atoms with Gasteiger partial charge in [0.2, 0.25) is 11.9 Å². The van der Waals surface area contributed by atoms with Crippen molar-refractivity contribution in [1.29, 1.82) is 0 Å². The van der Waals surface area contributed by atoms with Crippen molar-refractivity contribution in [3.63, 3.8) is 0 Å². The largest absolute Gasteiger partial charge is 0.464 e. The first kappa shape index (κ1) is 11.9. The van der Waals surface area contributed by atoms with E-state index in [0.29, 0.717) is 24.5 Å². The summed E-state index contributed by atoms with van der Waals surface area (Å²) in [7, 11) is 0. The van der Waals surface area contributed by atoms with Crippen molar-refractivity contribution < 1.29 is 4.74 Å². The third-order valence-corrected chi connectivity index (χ3v) is 3.12. The van der Waals surface area contributed by atoms with Crippen molar-refractivity contribution in [2.45, 2.75) is 39.2 Å². The van der Waals surface area contributed by atoms with Crippen molar-refractivity contribution in [2.24, 2.45) is 5.92 Å². The van der Waals surface area contributed by atoms with E-state index < -0.39 is 0 Å². The Balaban J connectivity index is 2.03. The van der Waals surface area contributed by atoms with Gasteiger partial charge < -0.3 is 15.8 Å². The molecule has 1 saturated carbocycles. The number of nitrogens with one attached hydrogen (secondary N) is 1. The number of nitrogens with two attached hydrogens (primary N) is 1. The van der Waals surface area contributed by atoms with Gasteiger partial charge in [0.05, 0.1) is 6.61 Å². The number of rotatable bonds is 5. The topological polar surface area (TPSA) is 86.0 Å². The number of hydrogen-bond donors (Lipinski definition) is 2. The minimum Gasteiger partial charge on any atom is -0.464 e. The number of hydrogen-bond acceptors (Lipinski definition) is 6. The van der Waals surface area contributed by atoms with Crippen molar-refractivity contribution in [2.75, 3.05) is 17.7 Å². The van der Waals surface area contributed by atoms with Gasteiger partial charge in [0.25, 0.3) is 0 Å². The normalized spacial score (nSPS) is 17.3. The second kappa shape index (κ2) is 5.16. The lowest BCUT2D eigenvalue weighted by Gasteiger charge is -2.31. The molecule has 0 amide bonds. The fourth-order valence-electron chi connectivity index (χ4n) is 1.89. The zero-order valence-electron chi connectivity index (χ0n) is 10.3. The number of anilines is 2. The van der Waals surface area contributed by atoms with Crippen LogP contribution in [0.5, 0.6) is 6.01 Å². The summed E-state index contributed by atoms with van der Waals surface area (Å²) in [5, 5.41) is 3.26. The Kier molecular flexibility index (Phi) is 3.61. The maximum absolute atomic E-state index is 5.61. The molecule has 17 heavy (non-hydrogen) atoms. The molecule has 94 valence electrons. The Morgan fingerprint density at radius 3 is 2.76 bits per heavy atom. The fourth-order valence-corrected chi connectivity index (χ4v) is 1.89. The average Bonchev–Trinajstić information content (AvgIpc) is 2.13. The molecule has 1 aromatic rings. The summed E-state index contributed by atoms with van der Waals surface area (Å²) in [5.41, 5.74) is 5.61. The molecule has 0 radical (unpaired) electrons. The van der Waals surface area contributed by atoms with Gasteiger partial charge in [0.1, 0.15) is 0 Å². The van der Waals surface area contributed by atoms with Gasteiger partial charge in [-0.3, -0.25) is 0 Å². The van der Waals surface area contributed by atoms with Gasteiger partial charge >= 0.3 is 6.01 Å². The smallest absolute Gasteiger partial charge is 0.323 e. The molecule has 6 nitrogen and oxygen atoms in total. The lowest BCUT2D eigenvalue weighted by atomic mass is 9.80. The molecule has 1 unspecified atom stereocenters. The Morgan fingerprint density at radius 2 is 2.18 bits per heavy atom. The minimum absolute atomic E-state index is 0.187. The highest BCUT2D eigenvalue weighted by atomic mass is 16.5. The Morgan fingerprint density at radius 1 is 1.41 bits per heavy atom. The van der Waals surface area contributed by atoms with Gasteiger partial charge in [-0.1, -0.05) is 6.42 Å².